The van der Waals surface area contributed by atoms with Gasteiger partial charge in [-0.15, -0.1) is 0 Å². The summed E-state index contributed by atoms with van der Waals surface area (Å²) in [4.78, 5) is 36.6. The van der Waals surface area contributed by atoms with Gasteiger partial charge >= 0.3 is 5.97 Å². The number of rotatable bonds is 8. The van der Waals surface area contributed by atoms with Crippen molar-refractivity contribution in [3.05, 3.63) is 60.2 Å². The molecular formula is C23H26N2O5. The second-order valence-electron chi connectivity index (χ2n) is 7.62. The van der Waals surface area contributed by atoms with E-state index in [0.29, 0.717) is 17.4 Å². The first-order valence-electron chi connectivity index (χ1n) is 9.99. The summed E-state index contributed by atoms with van der Waals surface area (Å²) in [5.41, 5.74) is 1.56. The van der Waals surface area contributed by atoms with Crippen LogP contribution in [-0.4, -0.2) is 30.5 Å². The predicted octanol–water partition coefficient (Wildman–Crippen LogP) is 3.22. The van der Waals surface area contributed by atoms with Crippen LogP contribution >= 0.6 is 0 Å². The highest BCUT2D eigenvalue weighted by Gasteiger charge is 2.30. The molecule has 2 aromatic rings. The summed E-state index contributed by atoms with van der Waals surface area (Å²) in [7, 11) is 0. The molecule has 0 unspecified atom stereocenters. The highest BCUT2D eigenvalue weighted by molar-refractivity contribution is 5.99. The molecule has 2 aromatic carbocycles. The molecular weight excluding hydrogens is 384 g/mol. The molecule has 7 heteroatoms. The van der Waals surface area contributed by atoms with Crippen molar-refractivity contribution in [2.45, 2.75) is 38.8 Å². The van der Waals surface area contributed by atoms with Gasteiger partial charge in [0.1, 0.15) is 5.75 Å². The van der Waals surface area contributed by atoms with Crippen molar-refractivity contribution < 1.29 is 23.9 Å². The van der Waals surface area contributed by atoms with Crippen LogP contribution in [0.5, 0.6) is 5.75 Å². The number of hydrogen-bond donors (Lipinski definition) is 2. The minimum absolute atomic E-state index is 0.165. The molecule has 2 atom stereocenters. The largest absolute Gasteiger partial charge is 0.478 e. The Labute approximate surface area is 175 Å². The monoisotopic (exact) mass is 410 g/mol. The molecule has 0 spiro atoms. The maximum atomic E-state index is 12.3. The number of carbonyl (C=O) groups is 3. The molecule has 0 bridgehead atoms. The summed E-state index contributed by atoms with van der Waals surface area (Å²) in [5.74, 6) is -0.617. The van der Waals surface area contributed by atoms with Gasteiger partial charge in [0.05, 0.1) is 18.2 Å². The van der Waals surface area contributed by atoms with E-state index in [-0.39, 0.29) is 12.5 Å². The lowest BCUT2D eigenvalue weighted by atomic mass is 9.97. The van der Waals surface area contributed by atoms with Crippen LogP contribution in [0.1, 0.15) is 38.3 Å². The Bertz CT molecular complexity index is 897. The quantitative estimate of drug-likeness (QED) is 0.652. The molecule has 0 aliphatic carbocycles. The van der Waals surface area contributed by atoms with E-state index in [0.717, 1.165) is 12.0 Å². The minimum atomic E-state index is -0.992. The van der Waals surface area contributed by atoms with Gasteiger partial charge in [-0.05, 0) is 30.0 Å². The van der Waals surface area contributed by atoms with Gasteiger partial charge in [0.15, 0.2) is 12.7 Å². The van der Waals surface area contributed by atoms with Crippen molar-refractivity contribution in [1.29, 1.82) is 0 Å². The fraction of sp³-hybridized carbons (Fsp3) is 0.348. The molecule has 7 nitrogen and oxygen atoms in total. The van der Waals surface area contributed by atoms with E-state index < -0.39 is 30.5 Å². The van der Waals surface area contributed by atoms with Gasteiger partial charge in [0, 0.05) is 0 Å². The Morgan fingerprint density at radius 3 is 2.53 bits per heavy atom. The topological polar surface area (TPSA) is 93.7 Å². The maximum Gasteiger partial charge on any atom is 0.310 e. The van der Waals surface area contributed by atoms with E-state index in [1.165, 1.54) is 0 Å². The van der Waals surface area contributed by atoms with E-state index in [4.69, 9.17) is 9.47 Å². The fourth-order valence-electron chi connectivity index (χ4n) is 3.25. The molecule has 0 radical (unpaired) electrons. The van der Waals surface area contributed by atoms with Crippen LogP contribution in [-0.2, 0) is 19.1 Å². The zero-order chi connectivity index (χ0) is 21.5. The number of ether oxygens (including phenoxy) is 2. The number of esters is 1. The Morgan fingerprint density at radius 1 is 1.10 bits per heavy atom. The smallest absolute Gasteiger partial charge is 0.310 e. The van der Waals surface area contributed by atoms with Crippen molar-refractivity contribution in [3.8, 4) is 5.75 Å². The SMILES string of the molecule is CC(C)C[C@@H](NC(=O)COC(=O)C[C@H]1Oc2ccccc2NC1=O)c1ccccc1. The zero-order valence-corrected chi connectivity index (χ0v) is 17.1. The summed E-state index contributed by atoms with van der Waals surface area (Å²) in [6.45, 7) is 3.75. The van der Waals surface area contributed by atoms with Crippen molar-refractivity contribution in [1.82, 2.24) is 5.32 Å². The summed E-state index contributed by atoms with van der Waals surface area (Å²) >= 11 is 0. The highest BCUT2D eigenvalue weighted by atomic mass is 16.5. The van der Waals surface area contributed by atoms with Gasteiger partial charge in [0.2, 0.25) is 0 Å². The Hall–Kier alpha value is -3.35. The molecule has 2 amide bonds. The summed E-state index contributed by atoms with van der Waals surface area (Å²) in [6, 6.07) is 16.5. The third-order valence-electron chi connectivity index (χ3n) is 4.67. The van der Waals surface area contributed by atoms with Gasteiger partial charge in [-0.2, -0.15) is 0 Å². The van der Waals surface area contributed by atoms with Crippen molar-refractivity contribution in [2.24, 2.45) is 5.92 Å². The average Bonchev–Trinajstić information content (AvgIpc) is 2.72. The number of amides is 2. The van der Waals surface area contributed by atoms with Gasteiger partial charge in [-0.3, -0.25) is 14.4 Å². The van der Waals surface area contributed by atoms with E-state index in [9.17, 15) is 14.4 Å². The van der Waals surface area contributed by atoms with Crippen LogP contribution in [0, 0.1) is 5.92 Å². The molecule has 1 aliphatic heterocycles. The first-order valence-corrected chi connectivity index (χ1v) is 9.99. The Balaban J connectivity index is 1.50. The van der Waals surface area contributed by atoms with E-state index >= 15 is 0 Å². The summed E-state index contributed by atoms with van der Waals surface area (Å²) in [5, 5.41) is 5.61. The molecule has 158 valence electrons. The molecule has 3 rings (SSSR count). The van der Waals surface area contributed by atoms with Gasteiger partial charge in [-0.1, -0.05) is 56.3 Å². The van der Waals surface area contributed by atoms with Crippen LogP contribution in [0.2, 0.25) is 0 Å². The minimum Gasteiger partial charge on any atom is -0.478 e. The number of carbonyl (C=O) groups excluding carboxylic acids is 3. The molecule has 0 fully saturated rings. The normalized spacial score (nSPS) is 16.1. The van der Waals surface area contributed by atoms with Crippen LogP contribution in [0.25, 0.3) is 0 Å². The molecule has 0 saturated heterocycles. The molecule has 1 aliphatic rings. The highest BCUT2D eigenvalue weighted by Crippen LogP contribution is 2.29. The van der Waals surface area contributed by atoms with E-state index in [2.05, 4.69) is 24.5 Å². The summed E-state index contributed by atoms with van der Waals surface area (Å²) < 4.78 is 10.6. The number of nitrogens with one attached hydrogen (secondary N) is 2. The second kappa shape index (κ2) is 9.91. The molecule has 0 aromatic heterocycles. The van der Waals surface area contributed by atoms with E-state index in [1.54, 1.807) is 24.3 Å². The van der Waals surface area contributed by atoms with Crippen molar-refractivity contribution in [2.75, 3.05) is 11.9 Å². The standard InChI is InChI=1S/C23H26N2O5/c1-15(2)12-18(16-8-4-3-5-9-16)24-21(26)14-29-22(27)13-20-23(28)25-17-10-6-7-11-19(17)30-20/h3-11,15,18,20H,12-14H2,1-2H3,(H,24,26)(H,25,28)/t18-,20-/m1/s1. The Morgan fingerprint density at radius 2 is 1.80 bits per heavy atom. The first kappa shape index (κ1) is 21.4. The van der Waals surface area contributed by atoms with Crippen molar-refractivity contribution in [3.63, 3.8) is 0 Å². The second-order valence-corrected chi connectivity index (χ2v) is 7.62. The molecule has 0 saturated carbocycles. The van der Waals surface area contributed by atoms with Gasteiger partial charge in [0.25, 0.3) is 11.8 Å². The van der Waals surface area contributed by atoms with Crippen LogP contribution in [0.3, 0.4) is 0 Å². The van der Waals surface area contributed by atoms with Crippen molar-refractivity contribution >= 4 is 23.5 Å². The lowest BCUT2D eigenvalue weighted by Gasteiger charge is -2.25. The summed E-state index contributed by atoms with van der Waals surface area (Å²) in [6.07, 6.45) is -0.505. The number of hydrogen-bond acceptors (Lipinski definition) is 5. The average molecular weight is 410 g/mol. The number of anilines is 1. The van der Waals surface area contributed by atoms with Crippen LogP contribution in [0.4, 0.5) is 5.69 Å². The van der Waals surface area contributed by atoms with Crippen LogP contribution in [0.15, 0.2) is 54.6 Å². The fourth-order valence-corrected chi connectivity index (χ4v) is 3.25. The van der Waals surface area contributed by atoms with Gasteiger partial charge < -0.3 is 20.1 Å². The first-order chi connectivity index (χ1) is 14.4. The number of para-hydroxylation sites is 2. The third kappa shape index (κ3) is 5.83. The van der Waals surface area contributed by atoms with Crippen LogP contribution < -0.4 is 15.4 Å². The Kier molecular flexibility index (Phi) is 7.06. The predicted molar refractivity (Wildman–Crippen MR) is 112 cm³/mol. The third-order valence-corrected chi connectivity index (χ3v) is 4.67. The maximum absolute atomic E-state index is 12.3. The molecule has 1 heterocycles. The number of fused-ring (bicyclic) bond motifs is 1. The van der Waals surface area contributed by atoms with E-state index in [1.807, 2.05) is 30.3 Å². The lowest BCUT2D eigenvalue weighted by Crippen LogP contribution is -2.39. The molecule has 30 heavy (non-hydrogen) atoms. The lowest BCUT2D eigenvalue weighted by molar-refractivity contribution is -0.151. The molecule has 2 N–H and O–H groups in total. The zero-order valence-electron chi connectivity index (χ0n) is 17.1. The van der Waals surface area contributed by atoms with Gasteiger partial charge in [-0.25, -0.2) is 0 Å². The number of benzene rings is 2.